The number of anilines is 1. The van der Waals surface area contributed by atoms with Crippen LogP contribution in [0.1, 0.15) is 12.0 Å². The molecule has 0 atom stereocenters. The fourth-order valence-electron chi connectivity index (χ4n) is 1.17. The molecule has 0 spiro atoms. The molecule has 1 aromatic rings. The highest BCUT2D eigenvalue weighted by Crippen LogP contribution is 2.11. The van der Waals surface area contributed by atoms with Crippen LogP contribution >= 0.6 is 0 Å². The number of carbonyl (C=O) groups excluding carboxylic acids is 1. The predicted molar refractivity (Wildman–Crippen MR) is 61.7 cm³/mol. The van der Waals surface area contributed by atoms with E-state index in [2.05, 4.69) is 10.1 Å². The van der Waals surface area contributed by atoms with Gasteiger partial charge in [-0.15, -0.1) is 0 Å². The average Bonchev–Trinajstić information content (AvgIpc) is 2.29. The number of methoxy groups -OCH3 is 1. The second-order valence-electron chi connectivity index (χ2n) is 3.06. The molecule has 0 aromatic heterocycles. The van der Waals surface area contributed by atoms with Gasteiger partial charge in [0.1, 0.15) is 0 Å². The number of esters is 1. The van der Waals surface area contributed by atoms with Gasteiger partial charge < -0.3 is 10.1 Å². The summed E-state index contributed by atoms with van der Waals surface area (Å²) in [7, 11) is 3.26. The molecule has 0 saturated heterocycles. The van der Waals surface area contributed by atoms with Crippen LogP contribution in [0, 0.1) is 0 Å². The van der Waals surface area contributed by atoms with E-state index in [1.54, 1.807) is 6.08 Å². The Bertz CT molecular complexity index is 358. The molecule has 0 aliphatic heterocycles. The summed E-state index contributed by atoms with van der Waals surface area (Å²) < 4.78 is 4.53. The first-order valence-electron chi connectivity index (χ1n) is 4.77. The van der Waals surface area contributed by atoms with Crippen LogP contribution in [0.5, 0.6) is 0 Å². The Balaban J connectivity index is 2.59. The molecule has 15 heavy (non-hydrogen) atoms. The lowest BCUT2D eigenvalue weighted by molar-refractivity contribution is -0.139. The van der Waals surface area contributed by atoms with Crippen LogP contribution in [-0.2, 0) is 9.53 Å². The van der Waals surface area contributed by atoms with Crippen LogP contribution < -0.4 is 5.32 Å². The fraction of sp³-hybridized carbons (Fsp3) is 0.250. The Hall–Kier alpha value is -1.77. The van der Waals surface area contributed by atoms with Gasteiger partial charge in [0.05, 0.1) is 13.5 Å². The molecule has 0 heterocycles. The largest absolute Gasteiger partial charge is 0.469 e. The minimum atomic E-state index is -0.226. The Morgan fingerprint density at radius 3 is 3.00 bits per heavy atom. The van der Waals surface area contributed by atoms with Crippen LogP contribution in [0.3, 0.4) is 0 Å². The topological polar surface area (TPSA) is 38.3 Å². The second-order valence-corrected chi connectivity index (χ2v) is 3.06. The van der Waals surface area contributed by atoms with Gasteiger partial charge >= 0.3 is 5.97 Å². The number of hydrogen-bond acceptors (Lipinski definition) is 3. The average molecular weight is 205 g/mol. The van der Waals surface area contributed by atoms with Crippen molar-refractivity contribution in [3.8, 4) is 0 Å². The Morgan fingerprint density at radius 2 is 2.33 bits per heavy atom. The zero-order valence-corrected chi connectivity index (χ0v) is 8.99. The SMILES string of the molecule is CNc1cccc(C=CCC(=O)OC)c1. The van der Waals surface area contributed by atoms with Crippen molar-refractivity contribution in [2.45, 2.75) is 6.42 Å². The number of rotatable bonds is 4. The zero-order chi connectivity index (χ0) is 11.1. The summed E-state index contributed by atoms with van der Waals surface area (Å²) in [5.41, 5.74) is 2.11. The Morgan fingerprint density at radius 1 is 1.53 bits per heavy atom. The second kappa shape index (κ2) is 5.86. The molecular weight excluding hydrogens is 190 g/mol. The van der Waals surface area contributed by atoms with Gasteiger partial charge in [0, 0.05) is 12.7 Å². The third-order valence-electron chi connectivity index (χ3n) is 2.00. The van der Waals surface area contributed by atoms with Crippen molar-refractivity contribution in [1.82, 2.24) is 0 Å². The standard InChI is InChI=1S/C12H15NO2/c1-13-11-7-3-5-10(9-11)6-4-8-12(14)15-2/h3-7,9,13H,8H2,1-2H3. The molecule has 0 saturated carbocycles. The molecule has 1 N–H and O–H groups in total. The van der Waals surface area contributed by atoms with Gasteiger partial charge in [-0.3, -0.25) is 4.79 Å². The number of hydrogen-bond donors (Lipinski definition) is 1. The maximum absolute atomic E-state index is 10.8. The van der Waals surface area contributed by atoms with Crippen molar-refractivity contribution in [3.63, 3.8) is 0 Å². The molecule has 1 rings (SSSR count). The van der Waals surface area contributed by atoms with Gasteiger partial charge in [0.15, 0.2) is 0 Å². The molecule has 0 aliphatic carbocycles. The fourth-order valence-corrected chi connectivity index (χ4v) is 1.17. The summed E-state index contributed by atoms with van der Waals surface area (Å²) in [5.74, 6) is -0.226. The third kappa shape index (κ3) is 3.85. The lowest BCUT2D eigenvalue weighted by atomic mass is 10.2. The first-order valence-corrected chi connectivity index (χ1v) is 4.77. The highest BCUT2D eigenvalue weighted by atomic mass is 16.5. The van der Waals surface area contributed by atoms with Crippen molar-refractivity contribution < 1.29 is 9.53 Å². The zero-order valence-electron chi connectivity index (χ0n) is 8.99. The van der Waals surface area contributed by atoms with E-state index in [0.717, 1.165) is 11.3 Å². The van der Waals surface area contributed by atoms with E-state index in [1.165, 1.54) is 7.11 Å². The van der Waals surface area contributed by atoms with Gasteiger partial charge in [0.2, 0.25) is 0 Å². The summed E-state index contributed by atoms with van der Waals surface area (Å²) in [5, 5.41) is 3.05. The van der Waals surface area contributed by atoms with Crippen LogP contribution in [0.15, 0.2) is 30.3 Å². The molecule has 0 amide bonds. The minimum absolute atomic E-state index is 0.226. The molecule has 3 nitrogen and oxygen atoms in total. The van der Waals surface area contributed by atoms with Crippen LogP contribution in [0.4, 0.5) is 5.69 Å². The first kappa shape index (κ1) is 11.3. The summed E-state index contributed by atoms with van der Waals surface area (Å²) in [6, 6.07) is 7.93. The van der Waals surface area contributed by atoms with Crippen molar-refractivity contribution in [2.75, 3.05) is 19.5 Å². The number of carbonyl (C=O) groups is 1. The minimum Gasteiger partial charge on any atom is -0.469 e. The van der Waals surface area contributed by atoms with Crippen molar-refractivity contribution >= 4 is 17.7 Å². The molecule has 0 fully saturated rings. The molecule has 0 bridgehead atoms. The van der Waals surface area contributed by atoms with Crippen LogP contribution in [0.25, 0.3) is 6.08 Å². The van der Waals surface area contributed by atoms with E-state index in [1.807, 2.05) is 37.4 Å². The van der Waals surface area contributed by atoms with Gasteiger partial charge in [-0.05, 0) is 17.7 Å². The number of benzene rings is 1. The lowest BCUT2D eigenvalue weighted by Gasteiger charge is -2.00. The van der Waals surface area contributed by atoms with Gasteiger partial charge in [-0.1, -0.05) is 24.3 Å². The molecule has 0 radical (unpaired) electrons. The van der Waals surface area contributed by atoms with Crippen LogP contribution in [0.2, 0.25) is 0 Å². The smallest absolute Gasteiger partial charge is 0.309 e. The van der Waals surface area contributed by atoms with E-state index < -0.39 is 0 Å². The van der Waals surface area contributed by atoms with Crippen molar-refractivity contribution in [3.05, 3.63) is 35.9 Å². The highest BCUT2D eigenvalue weighted by Gasteiger charge is 1.94. The summed E-state index contributed by atoms with van der Waals surface area (Å²) in [6.45, 7) is 0. The molecule has 0 unspecified atom stereocenters. The van der Waals surface area contributed by atoms with E-state index in [0.29, 0.717) is 6.42 Å². The molecule has 80 valence electrons. The highest BCUT2D eigenvalue weighted by molar-refractivity contribution is 5.72. The quantitative estimate of drug-likeness (QED) is 0.766. The summed E-state index contributed by atoms with van der Waals surface area (Å²) in [6.07, 6.45) is 4.00. The lowest BCUT2D eigenvalue weighted by Crippen LogP contribution is -1.96. The number of nitrogens with one attached hydrogen (secondary N) is 1. The van der Waals surface area contributed by atoms with Crippen LogP contribution in [-0.4, -0.2) is 20.1 Å². The predicted octanol–water partition coefficient (Wildman–Crippen LogP) is 2.30. The van der Waals surface area contributed by atoms with Crippen molar-refractivity contribution in [1.29, 1.82) is 0 Å². The van der Waals surface area contributed by atoms with E-state index >= 15 is 0 Å². The summed E-state index contributed by atoms with van der Waals surface area (Å²) >= 11 is 0. The first-order chi connectivity index (χ1) is 7.26. The van der Waals surface area contributed by atoms with Gasteiger partial charge in [-0.2, -0.15) is 0 Å². The van der Waals surface area contributed by atoms with E-state index in [4.69, 9.17) is 0 Å². The Kier molecular flexibility index (Phi) is 4.41. The van der Waals surface area contributed by atoms with Gasteiger partial charge in [-0.25, -0.2) is 0 Å². The maximum atomic E-state index is 10.8. The molecule has 3 heteroatoms. The number of ether oxygens (including phenoxy) is 1. The monoisotopic (exact) mass is 205 g/mol. The van der Waals surface area contributed by atoms with E-state index in [9.17, 15) is 4.79 Å². The molecular formula is C12H15NO2. The molecule has 0 aliphatic rings. The summed E-state index contributed by atoms with van der Waals surface area (Å²) in [4.78, 5) is 10.8. The maximum Gasteiger partial charge on any atom is 0.309 e. The van der Waals surface area contributed by atoms with E-state index in [-0.39, 0.29) is 5.97 Å². The van der Waals surface area contributed by atoms with Gasteiger partial charge in [0.25, 0.3) is 0 Å². The third-order valence-corrected chi connectivity index (χ3v) is 2.00. The Labute approximate surface area is 89.8 Å². The molecule has 1 aromatic carbocycles. The van der Waals surface area contributed by atoms with Crippen molar-refractivity contribution in [2.24, 2.45) is 0 Å². The normalized spacial score (nSPS) is 10.3.